The lowest BCUT2D eigenvalue weighted by Crippen LogP contribution is -2.30. The number of hydrogen-bond acceptors (Lipinski definition) is 6. The van der Waals surface area contributed by atoms with E-state index in [1.807, 2.05) is 0 Å². The quantitative estimate of drug-likeness (QED) is 0.0261. The lowest BCUT2D eigenvalue weighted by atomic mass is 10.0. The third-order valence-electron chi connectivity index (χ3n) is 14.1. The lowest BCUT2D eigenvalue weighted by Gasteiger charge is -2.18. The van der Waals surface area contributed by atoms with Crippen LogP contribution in [-0.4, -0.2) is 37.2 Å². The molecule has 6 nitrogen and oxygen atoms in total. The van der Waals surface area contributed by atoms with Crippen LogP contribution in [-0.2, 0) is 28.6 Å². The van der Waals surface area contributed by atoms with Crippen LogP contribution in [0.2, 0.25) is 0 Å². The van der Waals surface area contributed by atoms with Crippen molar-refractivity contribution in [3.8, 4) is 0 Å². The summed E-state index contributed by atoms with van der Waals surface area (Å²) in [6, 6.07) is 0. The predicted octanol–water partition coefficient (Wildman–Crippen LogP) is 21.4. The Hall–Kier alpha value is -2.63. The average Bonchev–Trinajstić information content (AvgIpc) is 3.38. The van der Waals surface area contributed by atoms with Crippen LogP contribution >= 0.6 is 0 Å². The third kappa shape index (κ3) is 58.3. The number of hydrogen-bond donors (Lipinski definition) is 0. The van der Waals surface area contributed by atoms with E-state index in [9.17, 15) is 14.4 Å². The summed E-state index contributed by atoms with van der Waals surface area (Å²) in [6.07, 6.45) is 75.5. The van der Waals surface area contributed by atoms with E-state index in [1.165, 1.54) is 193 Å². The minimum Gasteiger partial charge on any atom is -0.462 e. The first-order valence-corrected chi connectivity index (χ1v) is 31.6. The molecule has 0 radical (unpaired) electrons. The molecule has 0 aliphatic carbocycles. The summed E-state index contributed by atoms with van der Waals surface area (Å²) in [6.45, 7) is 6.55. The Morgan fingerprint density at radius 3 is 0.861 bits per heavy atom. The molecule has 72 heavy (non-hydrogen) atoms. The summed E-state index contributed by atoms with van der Waals surface area (Å²) in [4.78, 5) is 38.2. The fourth-order valence-corrected chi connectivity index (χ4v) is 9.34. The first-order chi connectivity index (χ1) is 35.5. The van der Waals surface area contributed by atoms with Crippen molar-refractivity contribution in [1.82, 2.24) is 0 Å². The van der Waals surface area contributed by atoms with Gasteiger partial charge in [-0.15, -0.1) is 0 Å². The lowest BCUT2D eigenvalue weighted by molar-refractivity contribution is -0.167. The van der Waals surface area contributed by atoms with E-state index < -0.39 is 6.10 Å². The van der Waals surface area contributed by atoms with Crippen LogP contribution in [0.25, 0.3) is 0 Å². The van der Waals surface area contributed by atoms with Gasteiger partial charge >= 0.3 is 17.9 Å². The maximum absolute atomic E-state index is 12.9. The van der Waals surface area contributed by atoms with E-state index in [4.69, 9.17) is 14.2 Å². The smallest absolute Gasteiger partial charge is 0.306 e. The molecule has 0 fully saturated rings. The van der Waals surface area contributed by atoms with E-state index in [2.05, 4.69) is 69.4 Å². The van der Waals surface area contributed by atoms with E-state index in [0.29, 0.717) is 19.3 Å². The highest BCUT2D eigenvalue weighted by atomic mass is 16.6. The van der Waals surface area contributed by atoms with Crippen LogP contribution in [0, 0.1) is 0 Å². The largest absolute Gasteiger partial charge is 0.462 e. The number of carbonyl (C=O) groups excluding carboxylic acids is 3. The van der Waals surface area contributed by atoms with Gasteiger partial charge in [0.15, 0.2) is 6.10 Å². The molecule has 0 N–H and O–H groups in total. The highest BCUT2D eigenvalue weighted by Crippen LogP contribution is 2.17. The molecule has 0 heterocycles. The van der Waals surface area contributed by atoms with Crippen molar-refractivity contribution in [2.24, 2.45) is 0 Å². The molecule has 0 rings (SSSR count). The van der Waals surface area contributed by atoms with Gasteiger partial charge in [0.2, 0.25) is 0 Å². The van der Waals surface area contributed by atoms with Crippen LogP contribution in [0.4, 0.5) is 0 Å². The number of esters is 3. The van der Waals surface area contributed by atoms with Gasteiger partial charge in [0.05, 0.1) is 0 Å². The van der Waals surface area contributed by atoms with Gasteiger partial charge in [-0.1, -0.05) is 288 Å². The van der Waals surface area contributed by atoms with Gasteiger partial charge in [-0.25, -0.2) is 0 Å². The standard InChI is InChI=1S/C66H120O6/c1-4-7-10-13-16-19-22-25-28-29-30-31-32-33-34-35-36-37-39-41-44-47-50-53-56-59-65(68)71-62-63(61-70-64(67)58-55-52-49-46-43-40-27-24-21-18-15-12-9-6-3)72-66(69)60-57-54-51-48-45-42-38-26-23-20-17-14-11-8-5-2/h8,11,17,20,24,26-27,38,63H,4-7,9-10,12-16,18-19,21-23,25,28-37,39-62H2,1-3H3/b11-8-,20-17-,27-24-,38-26-. The van der Waals surface area contributed by atoms with Gasteiger partial charge in [0.25, 0.3) is 0 Å². The minimum atomic E-state index is -0.784. The molecule has 0 saturated heterocycles. The van der Waals surface area contributed by atoms with Crippen LogP contribution in [0.15, 0.2) is 48.6 Å². The number of ether oxygens (including phenoxy) is 3. The van der Waals surface area contributed by atoms with Crippen LogP contribution in [0.5, 0.6) is 0 Å². The number of unbranched alkanes of at least 4 members (excludes halogenated alkanes) is 39. The topological polar surface area (TPSA) is 78.9 Å². The molecule has 0 spiro atoms. The molecule has 0 aliphatic rings. The van der Waals surface area contributed by atoms with Crippen LogP contribution < -0.4 is 0 Å². The summed E-state index contributed by atoms with van der Waals surface area (Å²) >= 11 is 0. The maximum Gasteiger partial charge on any atom is 0.306 e. The van der Waals surface area contributed by atoms with Crippen molar-refractivity contribution in [2.75, 3.05) is 13.2 Å². The summed E-state index contributed by atoms with van der Waals surface area (Å²) in [7, 11) is 0. The number of rotatable bonds is 58. The normalized spacial score (nSPS) is 12.3. The first-order valence-electron chi connectivity index (χ1n) is 31.6. The second kappa shape index (κ2) is 60.9. The van der Waals surface area contributed by atoms with Crippen LogP contribution in [0.3, 0.4) is 0 Å². The zero-order valence-corrected chi connectivity index (χ0v) is 48.2. The highest BCUT2D eigenvalue weighted by molar-refractivity contribution is 5.71. The van der Waals surface area contributed by atoms with Gasteiger partial charge in [0, 0.05) is 19.3 Å². The van der Waals surface area contributed by atoms with Crippen LogP contribution in [0.1, 0.15) is 335 Å². The van der Waals surface area contributed by atoms with Gasteiger partial charge < -0.3 is 14.2 Å². The molecular formula is C66H120O6. The molecular weight excluding hydrogens is 889 g/mol. The second-order valence-corrected chi connectivity index (χ2v) is 21.3. The predicted molar refractivity (Wildman–Crippen MR) is 312 cm³/mol. The first kappa shape index (κ1) is 69.4. The SMILES string of the molecule is CC/C=C\C/C=C\C/C=C\CCCCCCCC(=O)OC(COC(=O)CCCCCCC/C=C\CCCCCCC)COC(=O)CCCCCCCCCCCCCCCCCCCCCCCCCCC. The van der Waals surface area contributed by atoms with Crippen molar-refractivity contribution < 1.29 is 28.6 Å². The Labute approximate surface area is 448 Å². The van der Waals surface area contributed by atoms with Gasteiger partial charge in [-0.3, -0.25) is 14.4 Å². The molecule has 0 aromatic heterocycles. The Morgan fingerprint density at radius 1 is 0.292 bits per heavy atom. The van der Waals surface area contributed by atoms with Crippen molar-refractivity contribution in [3.63, 3.8) is 0 Å². The van der Waals surface area contributed by atoms with Crippen molar-refractivity contribution >= 4 is 17.9 Å². The van der Waals surface area contributed by atoms with Crippen molar-refractivity contribution in [3.05, 3.63) is 48.6 Å². The summed E-state index contributed by atoms with van der Waals surface area (Å²) < 4.78 is 16.9. The zero-order valence-electron chi connectivity index (χ0n) is 48.2. The molecule has 1 unspecified atom stereocenters. The zero-order chi connectivity index (χ0) is 52.2. The minimum absolute atomic E-state index is 0.0796. The van der Waals surface area contributed by atoms with Gasteiger partial charge in [-0.2, -0.15) is 0 Å². The second-order valence-electron chi connectivity index (χ2n) is 21.3. The van der Waals surface area contributed by atoms with E-state index >= 15 is 0 Å². The van der Waals surface area contributed by atoms with E-state index in [1.54, 1.807) is 0 Å². The molecule has 420 valence electrons. The monoisotopic (exact) mass is 1010 g/mol. The summed E-state index contributed by atoms with van der Waals surface area (Å²) in [5.74, 6) is -0.887. The summed E-state index contributed by atoms with van der Waals surface area (Å²) in [5.41, 5.74) is 0. The fraction of sp³-hybridized carbons (Fsp3) is 0.833. The van der Waals surface area contributed by atoms with E-state index in [0.717, 1.165) is 103 Å². The van der Waals surface area contributed by atoms with Crippen molar-refractivity contribution in [2.45, 2.75) is 341 Å². The molecule has 0 aliphatic heterocycles. The molecule has 0 saturated carbocycles. The van der Waals surface area contributed by atoms with Crippen molar-refractivity contribution in [1.29, 1.82) is 0 Å². The molecule has 6 heteroatoms. The molecule has 0 amide bonds. The number of carbonyl (C=O) groups is 3. The molecule has 0 aromatic carbocycles. The Bertz CT molecular complexity index is 1250. The highest BCUT2D eigenvalue weighted by Gasteiger charge is 2.19. The fourth-order valence-electron chi connectivity index (χ4n) is 9.34. The molecule has 1 atom stereocenters. The van der Waals surface area contributed by atoms with Gasteiger partial charge in [-0.05, 0) is 77.0 Å². The molecule has 0 bridgehead atoms. The van der Waals surface area contributed by atoms with Gasteiger partial charge in [0.1, 0.15) is 13.2 Å². The number of allylic oxidation sites excluding steroid dienone is 8. The third-order valence-corrected chi connectivity index (χ3v) is 14.1. The Kier molecular flexibility index (Phi) is 58.7. The maximum atomic E-state index is 12.9. The van der Waals surface area contributed by atoms with E-state index in [-0.39, 0.29) is 31.1 Å². The summed E-state index contributed by atoms with van der Waals surface area (Å²) in [5, 5.41) is 0. The molecule has 0 aromatic rings. The Morgan fingerprint density at radius 2 is 0.542 bits per heavy atom. The Balaban J connectivity index is 4.25. The average molecular weight is 1010 g/mol.